The summed E-state index contributed by atoms with van der Waals surface area (Å²) in [5.74, 6) is -0.621. The van der Waals surface area contributed by atoms with Gasteiger partial charge in [-0.1, -0.05) is 6.92 Å². The first-order valence-electron chi connectivity index (χ1n) is 8.72. The van der Waals surface area contributed by atoms with E-state index in [9.17, 15) is 34.8 Å². The number of alkyl halides is 6. The molecule has 0 saturated heterocycles. The minimum absolute atomic E-state index is 0.0462. The van der Waals surface area contributed by atoms with E-state index in [1.54, 1.807) is 0 Å². The molecule has 7 nitrogen and oxygen atoms in total. The van der Waals surface area contributed by atoms with Crippen LogP contribution in [0.3, 0.4) is 0 Å². The van der Waals surface area contributed by atoms with Crippen LogP contribution in [0.4, 0.5) is 32.0 Å². The molecule has 2 N–H and O–H groups in total. The van der Waals surface area contributed by atoms with Gasteiger partial charge in [-0.05, 0) is 36.0 Å². The SMILES string of the molecule is CCS(=O)(=O)c1cc(NNCC(F)(F)F)cnc1-c1nc2cc(SC(F)(F)F)ccc2o1. The average Bonchev–Trinajstić information content (AvgIpc) is 3.08. The molecule has 15 heteroatoms. The molecule has 3 aromatic rings. The van der Waals surface area contributed by atoms with Crippen molar-refractivity contribution in [2.75, 3.05) is 17.7 Å². The molecule has 0 aliphatic rings. The van der Waals surface area contributed by atoms with Crippen molar-refractivity contribution < 1.29 is 39.2 Å². The van der Waals surface area contributed by atoms with Crippen LogP contribution in [-0.2, 0) is 9.84 Å². The molecular weight excluding hydrogens is 486 g/mol. The average molecular weight is 500 g/mol. The summed E-state index contributed by atoms with van der Waals surface area (Å²) < 4.78 is 105. The molecule has 0 unspecified atom stereocenters. The van der Waals surface area contributed by atoms with E-state index in [1.807, 2.05) is 5.43 Å². The number of hydrazine groups is 1. The number of anilines is 1. The fourth-order valence-corrected chi connectivity index (χ4v) is 4.14. The van der Waals surface area contributed by atoms with Gasteiger partial charge in [0.15, 0.2) is 15.4 Å². The second kappa shape index (κ2) is 8.78. The first-order valence-corrected chi connectivity index (χ1v) is 11.2. The maximum absolute atomic E-state index is 12.6. The summed E-state index contributed by atoms with van der Waals surface area (Å²) in [4.78, 5) is 7.49. The molecule has 2 aromatic heterocycles. The second-order valence-electron chi connectivity index (χ2n) is 6.26. The number of halogens is 6. The molecule has 174 valence electrons. The monoisotopic (exact) mass is 500 g/mol. The van der Waals surface area contributed by atoms with E-state index >= 15 is 0 Å². The third kappa shape index (κ3) is 6.04. The van der Waals surface area contributed by atoms with Crippen molar-refractivity contribution >= 4 is 38.4 Å². The molecule has 0 saturated carbocycles. The van der Waals surface area contributed by atoms with Crippen molar-refractivity contribution in [3.63, 3.8) is 0 Å². The smallest absolute Gasteiger partial charge is 0.435 e. The van der Waals surface area contributed by atoms with Gasteiger partial charge >= 0.3 is 11.7 Å². The number of aromatic nitrogens is 2. The fraction of sp³-hybridized carbons (Fsp3) is 0.294. The highest BCUT2D eigenvalue weighted by atomic mass is 32.2. The molecule has 0 fully saturated rings. The lowest BCUT2D eigenvalue weighted by Crippen LogP contribution is -2.33. The first kappa shape index (κ1) is 24.1. The quantitative estimate of drug-likeness (QED) is 0.272. The van der Waals surface area contributed by atoms with Crippen LogP contribution in [0.5, 0.6) is 0 Å². The van der Waals surface area contributed by atoms with Crippen molar-refractivity contribution in [2.45, 2.75) is 28.4 Å². The Balaban J connectivity index is 1.99. The Morgan fingerprint density at radius 1 is 1.12 bits per heavy atom. The van der Waals surface area contributed by atoms with Gasteiger partial charge < -0.3 is 9.84 Å². The van der Waals surface area contributed by atoms with Crippen LogP contribution in [0.1, 0.15) is 6.92 Å². The van der Waals surface area contributed by atoms with Gasteiger partial charge in [0.05, 0.1) is 17.6 Å². The molecule has 0 aliphatic carbocycles. The molecule has 0 spiro atoms. The molecule has 0 radical (unpaired) electrons. The number of sulfone groups is 1. The van der Waals surface area contributed by atoms with E-state index in [4.69, 9.17) is 4.42 Å². The Bertz CT molecular complexity index is 1230. The van der Waals surface area contributed by atoms with Gasteiger partial charge in [-0.25, -0.2) is 23.8 Å². The maximum atomic E-state index is 12.6. The third-order valence-electron chi connectivity index (χ3n) is 3.88. The lowest BCUT2D eigenvalue weighted by molar-refractivity contribution is -0.123. The second-order valence-corrected chi connectivity index (χ2v) is 9.65. The van der Waals surface area contributed by atoms with Crippen LogP contribution in [0.25, 0.3) is 22.7 Å². The van der Waals surface area contributed by atoms with Gasteiger partial charge in [0.1, 0.15) is 22.7 Å². The van der Waals surface area contributed by atoms with Gasteiger partial charge in [-0.15, -0.1) is 0 Å². The Labute approximate surface area is 181 Å². The van der Waals surface area contributed by atoms with Crippen molar-refractivity contribution in [3.8, 4) is 11.6 Å². The molecule has 0 bridgehead atoms. The number of hydrogen-bond acceptors (Lipinski definition) is 8. The Morgan fingerprint density at radius 2 is 1.84 bits per heavy atom. The number of nitrogens with one attached hydrogen (secondary N) is 2. The number of pyridine rings is 1. The highest BCUT2D eigenvalue weighted by Gasteiger charge is 2.30. The highest BCUT2D eigenvalue weighted by molar-refractivity contribution is 8.00. The summed E-state index contributed by atoms with van der Waals surface area (Å²) >= 11 is -0.346. The number of oxazole rings is 1. The minimum Gasteiger partial charge on any atom is -0.435 e. The zero-order chi connectivity index (χ0) is 23.7. The number of hydrogen-bond donors (Lipinski definition) is 2. The van der Waals surface area contributed by atoms with Crippen LogP contribution in [0.15, 0.2) is 44.7 Å². The van der Waals surface area contributed by atoms with Crippen LogP contribution < -0.4 is 10.9 Å². The van der Waals surface area contributed by atoms with Gasteiger partial charge in [-0.3, -0.25) is 0 Å². The van der Waals surface area contributed by atoms with E-state index in [-0.39, 0.29) is 55.7 Å². The van der Waals surface area contributed by atoms with Gasteiger partial charge in [-0.2, -0.15) is 26.3 Å². The zero-order valence-electron chi connectivity index (χ0n) is 16.0. The number of benzene rings is 1. The molecule has 0 atom stereocenters. The van der Waals surface area contributed by atoms with E-state index < -0.39 is 28.1 Å². The maximum Gasteiger partial charge on any atom is 0.446 e. The topological polar surface area (TPSA) is 97.1 Å². The van der Waals surface area contributed by atoms with Gasteiger partial charge in [0.25, 0.3) is 0 Å². The Kier molecular flexibility index (Phi) is 6.62. The molecule has 2 heterocycles. The van der Waals surface area contributed by atoms with Crippen LogP contribution >= 0.6 is 11.8 Å². The fourth-order valence-electron chi connectivity index (χ4n) is 2.52. The van der Waals surface area contributed by atoms with E-state index in [0.29, 0.717) is 0 Å². The van der Waals surface area contributed by atoms with E-state index in [2.05, 4.69) is 15.4 Å². The summed E-state index contributed by atoms with van der Waals surface area (Å²) in [6.07, 6.45) is -3.44. The lowest BCUT2D eigenvalue weighted by atomic mass is 10.3. The number of rotatable bonds is 7. The summed E-state index contributed by atoms with van der Waals surface area (Å²) in [7, 11) is -3.93. The molecule has 0 amide bonds. The molecule has 3 rings (SSSR count). The number of nitrogens with zero attached hydrogens (tertiary/aromatic N) is 2. The normalized spacial score (nSPS) is 13.0. The van der Waals surface area contributed by atoms with E-state index in [0.717, 1.165) is 18.3 Å². The zero-order valence-corrected chi connectivity index (χ0v) is 17.6. The molecule has 32 heavy (non-hydrogen) atoms. The Hall–Kier alpha value is -2.52. The van der Waals surface area contributed by atoms with Crippen LogP contribution in [-0.4, -0.2) is 42.4 Å². The lowest BCUT2D eigenvalue weighted by Gasteiger charge is -2.12. The predicted molar refractivity (Wildman–Crippen MR) is 105 cm³/mol. The number of thioether (sulfide) groups is 1. The number of fused-ring (bicyclic) bond motifs is 1. The summed E-state index contributed by atoms with van der Waals surface area (Å²) in [5.41, 5.74) is -0.538. The summed E-state index contributed by atoms with van der Waals surface area (Å²) in [6.45, 7) is -0.0260. The molecule has 0 aliphatic heterocycles. The first-order chi connectivity index (χ1) is 14.8. The van der Waals surface area contributed by atoms with Crippen LogP contribution in [0.2, 0.25) is 0 Å². The standard InChI is InChI=1S/C17H14F6N4O3S2/c1-2-32(28,29)13-5-9(27-25-8-16(18,19)20)7-24-14(13)15-26-11-6-10(31-17(21,22)23)3-4-12(11)30-15/h3-7,25,27H,2,8H2,1H3. The summed E-state index contributed by atoms with van der Waals surface area (Å²) in [6, 6.07) is 4.62. The van der Waals surface area contributed by atoms with E-state index in [1.165, 1.54) is 19.1 Å². The van der Waals surface area contributed by atoms with Gasteiger partial charge in [0.2, 0.25) is 5.89 Å². The van der Waals surface area contributed by atoms with Crippen molar-refractivity contribution in [2.24, 2.45) is 0 Å². The Morgan fingerprint density at radius 3 is 2.47 bits per heavy atom. The predicted octanol–water partition coefficient (Wildman–Crippen LogP) is 4.77. The van der Waals surface area contributed by atoms with Crippen molar-refractivity contribution in [1.82, 2.24) is 15.4 Å². The molecular formula is C17H14F6N4O3S2. The van der Waals surface area contributed by atoms with Gasteiger partial charge in [0, 0.05) is 4.90 Å². The third-order valence-corrected chi connectivity index (χ3v) is 6.35. The largest absolute Gasteiger partial charge is 0.446 e. The highest BCUT2D eigenvalue weighted by Crippen LogP contribution is 2.38. The molecule has 1 aromatic carbocycles. The summed E-state index contributed by atoms with van der Waals surface area (Å²) in [5, 5.41) is 0. The minimum atomic E-state index is -4.51. The van der Waals surface area contributed by atoms with Crippen molar-refractivity contribution in [1.29, 1.82) is 0 Å². The van der Waals surface area contributed by atoms with Crippen LogP contribution in [0, 0.1) is 0 Å². The van der Waals surface area contributed by atoms with Crippen molar-refractivity contribution in [3.05, 3.63) is 30.5 Å².